The molecular formula is C9H17N5O. The van der Waals surface area contributed by atoms with Crippen LogP contribution >= 0.6 is 0 Å². The summed E-state index contributed by atoms with van der Waals surface area (Å²) >= 11 is 0. The molecular weight excluding hydrogens is 194 g/mol. The molecule has 0 spiro atoms. The summed E-state index contributed by atoms with van der Waals surface area (Å²) in [4.78, 5) is 11.2. The molecule has 0 saturated heterocycles. The molecule has 0 radical (unpaired) electrons. The quantitative estimate of drug-likeness (QED) is 0.668. The van der Waals surface area contributed by atoms with Crippen LogP contribution < -0.4 is 10.6 Å². The van der Waals surface area contributed by atoms with E-state index in [9.17, 15) is 4.79 Å². The average Bonchev–Trinajstić information content (AvgIpc) is 2.71. The van der Waals surface area contributed by atoms with Gasteiger partial charge in [0.15, 0.2) is 0 Å². The summed E-state index contributed by atoms with van der Waals surface area (Å²) in [6.07, 6.45) is 5.47. The van der Waals surface area contributed by atoms with E-state index >= 15 is 0 Å². The summed E-state index contributed by atoms with van der Waals surface area (Å²) in [7, 11) is 0. The lowest BCUT2D eigenvalue weighted by atomic mass is 10.3. The van der Waals surface area contributed by atoms with Gasteiger partial charge in [-0.3, -0.25) is 4.68 Å². The molecule has 0 aliphatic carbocycles. The zero-order valence-electron chi connectivity index (χ0n) is 8.94. The molecule has 0 unspecified atom stereocenters. The van der Waals surface area contributed by atoms with Gasteiger partial charge in [0.05, 0.1) is 12.7 Å². The summed E-state index contributed by atoms with van der Waals surface area (Å²) < 4.78 is 1.67. The summed E-state index contributed by atoms with van der Waals surface area (Å²) in [5.74, 6) is 0. The van der Waals surface area contributed by atoms with Crippen molar-refractivity contribution in [2.75, 3.05) is 13.1 Å². The van der Waals surface area contributed by atoms with Crippen molar-refractivity contribution in [3.8, 4) is 0 Å². The van der Waals surface area contributed by atoms with Crippen molar-refractivity contribution in [3.05, 3.63) is 12.4 Å². The molecule has 2 N–H and O–H groups in total. The van der Waals surface area contributed by atoms with Crippen LogP contribution in [-0.4, -0.2) is 34.1 Å². The maximum Gasteiger partial charge on any atom is 0.314 e. The molecule has 0 saturated carbocycles. The largest absolute Gasteiger partial charge is 0.338 e. The number of carbonyl (C=O) groups excluding carboxylic acids is 1. The highest BCUT2D eigenvalue weighted by Crippen LogP contribution is 1.82. The van der Waals surface area contributed by atoms with Crippen LogP contribution in [0.1, 0.15) is 19.8 Å². The molecule has 1 heterocycles. The molecule has 0 aliphatic heterocycles. The standard InChI is InChI=1S/C9H17N5O/c1-2-3-4-10-9(15)11-5-7-14-8-6-12-13-14/h6,8H,2-5,7H2,1H3,(H2,10,11,15). The molecule has 1 aromatic heterocycles. The highest BCUT2D eigenvalue weighted by molar-refractivity contribution is 5.73. The smallest absolute Gasteiger partial charge is 0.314 e. The first kappa shape index (κ1) is 11.5. The minimum Gasteiger partial charge on any atom is -0.338 e. The van der Waals surface area contributed by atoms with E-state index in [2.05, 4.69) is 27.9 Å². The van der Waals surface area contributed by atoms with Crippen molar-refractivity contribution in [3.63, 3.8) is 0 Å². The number of nitrogens with one attached hydrogen (secondary N) is 2. The van der Waals surface area contributed by atoms with Gasteiger partial charge in [-0.2, -0.15) is 0 Å². The first-order chi connectivity index (χ1) is 7.33. The minimum absolute atomic E-state index is 0.122. The summed E-state index contributed by atoms with van der Waals surface area (Å²) in [6.45, 7) is 4.01. The molecule has 0 fully saturated rings. The van der Waals surface area contributed by atoms with Crippen LogP contribution in [0.3, 0.4) is 0 Å². The fraction of sp³-hybridized carbons (Fsp3) is 0.667. The lowest BCUT2D eigenvalue weighted by Gasteiger charge is -2.06. The zero-order valence-corrected chi connectivity index (χ0v) is 8.94. The number of rotatable bonds is 6. The van der Waals surface area contributed by atoms with Crippen molar-refractivity contribution in [1.82, 2.24) is 25.6 Å². The van der Waals surface area contributed by atoms with E-state index in [0.29, 0.717) is 13.1 Å². The predicted molar refractivity (Wildman–Crippen MR) is 56.3 cm³/mol. The molecule has 6 nitrogen and oxygen atoms in total. The number of unbranched alkanes of at least 4 members (excludes halogenated alkanes) is 1. The number of carbonyl (C=O) groups is 1. The fourth-order valence-electron chi connectivity index (χ4n) is 1.08. The van der Waals surface area contributed by atoms with E-state index in [1.807, 2.05) is 0 Å². The first-order valence-electron chi connectivity index (χ1n) is 5.18. The van der Waals surface area contributed by atoms with Gasteiger partial charge in [-0.15, -0.1) is 5.10 Å². The van der Waals surface area contributed by atoms with Crippen LogP contribution in [0.5, 0.6) is 0 Å². The number of hydrogen-bond acceptors (Lipinski definition) is 3. The highest BCUT2D eigenvalue weighted by Gasteiger charge is 1.98. The van der Waals surface area contributed by atoms with E-state index in [0.717, 1.165) is 19.4 Å². The van der Waals surface area contributed by atoms with Crippen molar-refractivity contribution in [2.45, 2.75) is 26.3 Å². The molecule has 0 bridgehead atoms. The van der Waals surface area contributed by atoms with Gasteiger partial charge < -0.3 is 10.6 Å². The van der Waals surface area contributed by atoms with Gasteiger partial charge in [-0.25, -0.2) is 4.79 Å². The van der Waals surface area contributed by atoms with Gasteiger partial charge in [0.2, 0.25) is 0 Å². The molecule has 0 atom stereocenters. The Labute approximate surface area is 89.0 Å². The Morgan fingerprint density at radius 1 is 1.40 bits per heavy atom. The Hall–Kier alpha value is -1.59. The third-order valence-corrected chi connectivity index (χ3v) is 1.91. The Balaban J connectivity index is 2.02. The van der Waals surface area contributed by atoms with Crippen molar-refractivity contribution >= 4 is 6.03 Å². The Bertz CT molecular complexity index is 272. The number of hydrogen-bond donors (Lipinski definition) is 2. The predicted octanol–water partition coefficient (Wildman–Crippen LogP) is 0.377. The van der Waals surface area contributed by atoms with Gasteiger partial charge in [0.1, 0.15) is 0 Å². The zero-order chi connectivity index (χ0) is 10.9. The Morgan fingerprint density at radius 3 is 2.87 bits per heavy atom. The van der Waals surface area contributed by atoms with Crippen LogP contribution in [-0.2, 0) is 6.54 Å². The van der Waals surface area contributed by atoms with Gasteiger partial charge in [0.25, 0.3) is 0 Å². The molecule has 1 rings (SSSR count). The maximum absolute atomic E-state index is 11.2. The van der Waals surface area contributed by atoms with Crippen LogP contribution in [0.4, 0.5) is 4.79 Å². The number of aromatic nitrogens is 3. The monoisotopic (exact) mass is 211 g/mol. The summed E-state index contributed by atoms with van der Waals surface area (Å²) in [6, 6.07) is -0.122. The molecule has 2 amide bonds. The van der Waals surface area contributed by atoms with E-state index < -0.39 is 0 Å². The van der Waals surface area contributed by atoms with Gasteiger partial charge in [-0.05, 0) is 6.42 Å². The summed E-state index contributed by atoms with van der Waals surface area (Å²) in [5, 5.41) is 13.0. The molecule has 1 aromatic rings. The minimum atomic E-state index is -0.122. The first-order valence-corrected chi connectivity index (χ1v) is 5.18. The maximum atomic E-state index is 11.2. The SMILES string of the molecule is CCCCNC(=O)NCCn1ccnn1. The van der Waals surface area contributed by atoms with Crippen LogP contribution in [0.15, 0.2) is 12.4 Å². The fourth-order valence-corrected chi connectivity index (χ4v) is 1.08. The van der Waals surface area contributed by atoms with Gasteiger partial charge in [0, 0.05) is 19.3 Å². The topological polar surface area (TPSA) is 71.8 Å². The number of amides is 2. The van der Waals surface area contributed by atoms with E-state index in [-0.39, 0.29) is 6.03 Å². The van der Waals surface area contributed by atoms with E-state index in [4.69, 9.17) is 0 Å². The van der Waals surface area contributed by atoms with E-state index in [1.54, 1.807) is 17.1 Å². The summed E-state index contributed by atoms with van der Waals surface area (Å²) in [5.41, 5.74) is 0. The van der Waals surface area contributed by atoms with Crippen molar-refractivity contribution < 1.29 is 4.79 Å². The second kappa shape index (κ2) is 6.80. The average molecular weight is 211 g/mol. The van der Waals surface area contributed by atoms with Gasteiger partial charge >= 0.3 is 6.03 Å². The molecule has 0 aromatic carbocycles. The third kappa shape index (κ3) is 4.99. The highest BCUT2D eigenvalue weighted by atomic mass is 16.2. The third-order valence-electron chi connectivity index (χ3n) is 1.91. The second-order valence-corrected chi connectivity index (χ2v) is 3.20. The lowest BCUT2D eigenvalue weighted by molar-refractivity contribution is 0.240. The Morgan fingerprint density at radius 2 is 2.20 bits per heavy atom. The number of nitrogens with zero attached hydrogens (tertiary/aromatic N) is 3. The molecule has 0 aliphatic rings. The van der Waals surface area contributed by atoms with Crippen LogP contribution in [0, 0.1) is 0 Å². The van der Waals surface area contributed by atoms with E-state index in [1.165, 1.54) is 0 Å². The number of urea groups is 1. The molecule has 15 heavy (non-hydrogen) atoms. The molecule has 6 heteroatoms. The molecule has 84 valence electrons. The lowest BCUT2D eigenvalue weighted by Crippen LogP contribution is -2.37. The van der Waals surface area contributed by atoms with Crippen LogP contribution in [0.25, 0.3) is 0 Å². The van der Waals surface area contributed by atoms with Gasteiger partial charge in [-0.1, -0.05) is 18.6 Å². The second-order valence-electron chi connectivity index (χ2n) is 3.20. The van der Waals surface area contributed by atoms with Crippen molar-refractivity contribution in [1.29, 1.82) is 0 Å². The normalized spacial score (nSPS) is 9.93. The van der Waals surface area contributed by atoms with Crippen LogP contribution in [0.2, 0.25) is 0 Å². The Kier molecular flexibility index (Phi) is 5.21. The van der Waals surface area contributed by atoms with Crippen molar-refractivity contribution in [2.24, 2.45) is 0 Å².